The molecule has 0 aromatic heterocycles. The summed E-state index contributed by atoms with van der Waals surface area (Å²) in [6.45, 7) is 0. The second-order valence-electron chi connectivity index (χ2n) is 3.86. The molecule has 2 aliphatic rings. The summed E-state index contributed by atoms with van der Waals surface area (Å²) in [6.07, 6.45) is 7.48. The van der Waals surface area contributed by atoms with Gasteiger partial charge in [-0.3, -0.25) is 0 Å². The lowest BCUT2D eigenvalue weighted by Crippen LogP contribution is -2.27. The maximum atomic E-state index is 5.24. The topological polar surface area (TPSA) is 18.5 Å². The summed E-state index contributed by atoms with van der Waals surface area (Å²) >= 11 is 0. The Hall–Kier alpha value is -0.123. The Kier molecular flexibility index (Phi) is 2.86. The van der Waals surface area contributed by atoms with Crippen LogP contribution in [0.4, 0.5) is 0 Å². The van der Waals surface area contributed by atoms with Crippen molar-refractivity contribution in [1.29, 1.82) is 0 Å². The lowest BCUT2D eigenvalue weighted by Gasteiger charge is -2.21. The number of fused-ring (bicyclic) bond motifs is 2. The Bertz CT molecular complexity index is 201. The van der Waals surface area contributed by atoms with Gasteiger partial charge in [-0.1, -0.05) is 12.2 Å². The third-order valence-corrected chi connectivity index (χ3v) is 4.89. The Morgan fingerprint density at radius 1 is 1.23 bits per heavy atom. The minimum absolute atomic E-state index is 0.0257. The Morgan fingerprint density at radius 2 is 2.00 bits per heavy atom. The van der Waals surface area contributed by atoms with Crippen LogP contribution in [-0.4, -0.2) is 29.7 Å². The van der Waals surface area contributed by atoms with Crippen LogP contribution in [-0.2, 0) is 9.47 Å². The van der Waals surface area contributed by atoms with E-state index >= 15 is 0 Å². The van der Waals surface area contributed by atoms with Gasteiger partial charge in [0.25, 0.3) is 0 Å². The molecule has 0 amide bonds. The molecule has 3 unspecified atom stereocenters. The number of allylic oxidation sites excluding steroid dienone is 2. The van der Waals surface area contributed by atoms with E-state index in [1.807, 2.05) is 0 Å². The summed E-state index contributed by atoms with van der Waals surface area (Å²) in [5, 5.41) is 0. The van der Waals surface area contributed by atoms with Gasteiger partial charge in [0.05, 0.1) is 0 Å². The highest BCUT2D eigenvalue weighted by atomic mass is 28.2. The highest BCUT2D eigenvalue weighted by Crippen LogP contribution is 2.46. The Labute approximate surface area is 82.1 Å². The SMILES string of the molecule is COC(OC)[Si]C1CC2C=CC1C2. The molecule has 1 fully saturated rings. The molecule has 0 aromatic rings. The van der Waals surface area contributed by atoms with E-state index in [2.05, 4.69) is 12.2 Å². The molecule has 0 spiro atoms. The van der Waals surface area contributed by atoms with Gasteiger partial charge in [-0.25, -0.2) is 0 Å². The first-order valence-electron chi connectivity index (χ1n) is 4.83. The van der Waals surface area contributed by atoms with Gasteiger partial charge in [0, 0.05) is 14.2 Å². The van der Waals surface area contributed by atoms with E-state index < -0.39 is 0 Å². The normalized spacial score (nSPS) is 36.4. The zero-order valence-electron chi connectivity index (χ0n) is 8.19. The molecule has 0 heterocycles. The summed E-state index contributed by atoms with van der Waals surface area (Å²) in [6, 6.07) is 0. The van der Waals surface area contributed by atoms with Gasteiger partial charge < -0.3 is 9.47 Å². The van der Waals surface area contributed by atoms with Crippen LogP contribution in [0.3, 0.4) is 0 Å². The van der Waals surface area contributed by atoms with Gasteiger partial charge >= 0.3 is 0 Å². The second kappa shape index (κ2) is 3.94. The van der Waals surface area contributed by atoms with E-state index in [4.69, 9.17) is 9.47 Å². The van der Waals surface area contributed by atoms with Crippen LogP contribution in [0.25, 0.3) is 0 Å². The van der Waals surface area contributed by atoms with E-state index in [0.29, 0.717) is 0 Å². The first-order chi connectivity index (χ1) is 6.33. The van der Waals surface area contributed by atoms with E-state index in [-0.39, 0.29) is 5.91 Å². The predicted molar refractivity (Wildman–Crippen MR) is 52.7 cm³/mol. The van der Waals surface area contributed by atoms with Crippen LogP contribution in [0, 0.1) is 11.8 Å². The van der Waals surface area contributed by atoms with Crippen LogP contribution < -0.4 is 0 Å². The van der Waals surface area contributed by atoms with Crippen molar-refractivity contribution in [1.82, 2.24) is 0 Å². The summed E-state index contributed by atoms with van der Waals surface area (Å²) < 4.78 is 10.5. The van der Waals surface area contributed by atoms with Crippen LogP contribution in [0.1, 0.15) is 12.8 Å². The standard InChI is InChI=1S/C10H16O2Si/c1-11-10(12-2)13-9-6-7-3-4-8(9)5-7/h3-4,7-10H,5-6H2,1-2H3. The van der Waals surface area contributed by atoms with Crippen molar-refractivity contribution >= 4 is 9.52 Å². The fraction of sp³-hybridized carbons (Fsp3) is 0.800. The van der Waals surface area contributed by atoms with Gasteiger partial charge in [0.15, 0.2) is 0 Å². The summed E-state index contributed by atoms with van der Waals surface area (Å²) in [5.74, 6) is 1.70. The molecule has 0 aromatic carbocycles. The zero-order valence-corrected chi connectivity index (χ0v) is 9.19. The molecule has 1 saturated carbocycles. The van der Waals surface area contributed by atoms with Crippen LogP contribution >= 0.6 is 0 Å². The van der Waals surface area contributed by atoms with E-state index in [1.165, 1.54) is 12.8 Å². The molecule has 2 radical (unpaired) electrons. The average molecular weight is 196 g/mol. The van der Waals surface area contributed by atoms with Crippen molar-refractivity contribution in [3.8, 4) is 0 Å². The van der Waals surface area contributed by atoms with Crippen molar-refractivity contribution < 1.29 is 9.47 Å². The quantitative estimate of drug-likeness (QED) is 0.387. The molecular formula is C10H16O2Si. The van der Waals surface area contributed by atoms with E-state index in [9.17, 15) is 0 Å². The molecule has 3 heteroatoms. The molecule has 13 heavy (non-hydrogen) atoms. The van der Waals surface area contributed by atoms with Gasteiger partial charge in [-0.05, 0) is 30.2 Å². The first kappa shape index (κ1) is 9.43. The van der Waals surface area contributed by atoms with Crippen molar-refractivity contribution in [3.05, 3.63) is 12.2 Å². The van der Waals surface area contributed by atoms with Crippen LogP contribution in [0.5, 0.6) is 0 Å². The fourth-order valence-corrected chi connectivity index (χ4v) is 3.93. The Balaban J connectivity index is 1.86. The number of hydrogen-bond donors (Lipinski definition) is 0. The third kappa shape index (κ3) is 1.87. The predicted octanol–water partition coefficient (Wildman–Crippen LogP) is 1.65. The molecule has 0 aliphatic heterocycles. The highest BCUT2D eigenvalue weighted by Gasteiger charge is 2.37. The number of ether oxygens (including phenoxy) is 2. The molecule has 2 nitrogen and oxygen atoms in total. The van der Waals surface area contributed by atoms with Gasteiger partial charge in [-0.2, -0.15) is 0 Å². The minimum Gasteiger partial charge on any atom is -0.360 e. The number of methoxy groups -OCH3 is 2. The molecule has 0 N–H and O–H groups in total. The molecular weight excluding hydrogens is 180 g/mol. The van der Waals surface area contributed by atoms with Crippen LogP contribution in [0.15, 0.2) is 12.2 Å². The summed E-state index contributed by atoms with van der Waals surface area (Å²) in [7, 11) is 4.25. The molecule has 2 aliphatic carbocycles. The molecule has 72 valence electrons. The molecule has 3 atom stereocenters. The summed E-state index contributed by atoms with van der Waals surface area (Å²) in [5.41, 5.74) is 0.819. The van der Waals surface area contributed by atoms with Gasteiger partial charge in [-0.15, -0.1) is 0 Å². The molecule has 0 saturated heterocycles. The highest BCUT2D eigenvalue weighted by molar-refractivity contribution is 6.39. The van der Waals surface area contributed by atoms with E-state index in [0.717, 1.165) is 26.9 Å². The molecule has 2 bridgehead atoms. The average Bonchev–Trinajstić information content (AvgIpc) is 2.75. The number of hydrogen-bond acceptors (Lipinski definition) is 2. The fourth-order valence-electron chi connectivity index (χ4n) is 2.38. The smallest absolute Gasteiger partial charge is 0.136 e. The largest absolute Gasteiger partial charge is 0.360 e. The maximum Gasteiger partial charge on any atom is 0.136 e. The lowest BCUT2D eigenvalue weighted by molar-refractivity contribution is -0.0450. The monoisotopic (exact) mass is 196 g/mol. The third-order valence-electron chi connectivity index (χ3n) is 3.06. The molecule has 2 rings (SSSR count). The first-order valence-corrected chi connectivity index (χ1v) is 5.99. The lowest BCUT2D eigenvalue weighted by atomic mass is 10.1. The van der Waals surface area contributed by atoms with Crippen molar-refractivity contribution in [3.63, 3.8) is 0 Å². The van der Waals surface area contributed by atoms with Crippen molar-refractivity contribution in [2.75, 3.05) is 14.2 Å². The zero-order chi connectivity index (χ0) is 9.26. The maximum absolute atomic E-state index is 5.24. The second-order valence-corrected chi connectivity index (χ2v) is 5.40. The van der Waals surface area contributed by atoms with E-state index in [1.54, 1.807) is 14.2 Å². The van der Waals surface area contributed by atoms with Crippen molar-refractivity contribution in [2.24, 2.45) is 11.8 Å². The van der Waals surface area contributed by atoms with Crippen LogP contribution in [0.2, 0.25) is 5.54 Å². The minimum atomic E-state index is 0.0257. The summed E-state index contributed by atoms with van der Waals surface area (Å²) in [4.78, 5) is 0. The number of rotatable bonds is 4. The van der Waals surface area contributed by atoms with Gasteiger partial charge in [0.2, 0.25) is 0 Å². The van der Waals surface area contributed by atoms with Gasteiger partial charge in [0.1, 0.15) is 15.4 Å². The van der Waals surface area contributed by atoms with Crippen molar-refractivity contribution in [2.45, 2.75) is 24.3 Å². The Morgan fingerprint density at radius 3 is 2.46 bits per heavy atom.